The Morgan fingerprint density at radius 2 is 1.84 bits per heavy atom. The molecule has 2 aromatic heterocycles. The third kappa shape index (κ3) is 3.23. The first-order chi connectivity index (χ1) is 12.0. The molecule has 1 aliphatic heterocycles. The maximum atomic E-state index is 6.15. The van der Waals surface area contributed by atoms with Gasteiger partial charge >= 0.3 is 0 Å². The van der Waals surface area contributed by atoms with Crippen molar-refractivity contribution >= 4 is 23.1 Å². The maximum absolute atomic E-state index is 6.15. The zero-order chi connectivity index (χ0) is 17.6. The number of halogens is 1. The van der Waals surface area contributed by atoms with Crippen LogP contribution in [0.3, 0.4) is 0 Å². The minimum absolute atomic E-state index is 0.690. The molecule has 4 rings (SSSR count). The Bertz CT molecular complexity index is 907. The van der Waals surface area contributed by atoms with Gasteiger partial charge in [0, 0.05) is 41.5 Å². The largest absolute Gasteiger partial charge is 0.356 e. The summed E-state index contributed by atoms with van der Waals surface area (Å²) in [7, 11) is 0. The molecule has 1 saturated heterocycles. The first-order valence-electron chi connectivity index (χ1n) is 8.88. The van der Waals surface area contributed by atoms with E-state index in [-0.39, 0.29) is 0 Å². The lowest BCUT2D eigenvalue weighted by Gasteiger charge is -2.36. The molecule has 0 spiro atoms. The first kappa shape index (κ1) is 16.4. The fourth-order valence-electron chi connectivity index (χ4n) is 3.94. The van der Waals surface area contributed by atoms with Crippen molar-refractivity contribution in [1.29, 1.82) is 0 Å². The third-order valence-corrected chi connectivity index (χ3v) is 5.08. The molecule has 0 bridgehead atoms. The van der Waals surface area contributed by atoms with Gasteiger partial charge in [0.15, 0.2) is 5.65 Å². The molecule has 0 N–H and O–H groups in total. The Labute approximate surface area is 153 Å². The van der Waals surface area contributed by atoms with Gasteiger partial charge in [0.05, 0.1) is 5.69 Å². The molecule has 0 aliphatic carbocycles. The average Bonchev–Trinajstić information content (AvgIpc) is 2.97. The Kier molecular flexibility index (Phi) is 4.16. The van der Waals surface area contributed by atoms with Gasteiger partial charge in [-0.15, -0.1) is 0 Å². The van der Waals surface area contributed by atoms with Crippen molar-refractivity contribution in [2.75, 3.05) is 18.0 Å². The molecule has 130 valence electrons. The van der Waals surface area contributed by atoms with Crippen LogP contribution in [-0.4, -0.2) is 27.7 Å². The van der Waals surface area contributed by atoms with Crippen LogP contribution < -0.4 is 4.90 Å². The van der Waals surface area contributed by atoms with E-state index >= 15 is 0 Å². The average molecular weight is 355 g/mol. The minimum Gasteiger partial charge on any atom is -0.356 e. The predicted octanol–water partition coefficient (Wildman–Crippen LogP) is 4.84. The lowest BCUT2D eigenvalue weighted by Crippen LogP contribution is -2.39. The highest BCUT2D eigenvalue weighted by Crippen LogP contribution is 2.29. The molecule has 3 heterocycles. The summed E-state index contributed by atoms with van der Waals surface area (Å²) in [6.45, 7) is 8.83. The fourth-order valence-corrected chi connectivity index (χ4v) is 4.13. The van der Waals surface area contributed by atoms with Crippen LogP contribution in [0.5, 0.6) is 0 Å². The van der Waals surface area contributed by atoms with Crippen LogP contribution in [0.15, 0.2) is 36.4 Å². The number of rotatable bonds is 2. The van der Waals surface area contributed by atoms with E-state index in [0.29, 0.717) is 11.8 Å². The van der Waals surface area contributed by atoms with Crippen molar-refractivity contribution in [2.24, 2.45) is 11.8 Å². The molecule has 1 aliphatic rings. The highest BCUT2D eigenvalue weighted by molar-refractivity contribution is 6.30. The van der Waals surface area contributed by atoms with Crippen LogP contribution in [0.4, 0.5) is 5.82 Å². The molecule has 1 aromatic carbocycles. The van der Waals surface area contributed by atoms with Gasteiger partial charge in [-0.1, -0.05) is 37.6 Å². The van der Waals surface area contributed by atoms with Crippen molar-refractivity contribution in [1.82, 2.24) is 14.6 Å². The zero-order valence-electron chi connectivity index (χ0n) is 14.9. The van der Waals surface area contributed by atoms with Crippen molar-refractivity contribution in [3.05, 3.63) is 47.1 Å². The van der Waals surface area contributed by atoms with E-state index in [0.717, 1.165) is 46.5 Å². The number of hydrogen-bond acceptors (Lipinski definition) is 3. The zero-order valence-corrected chi connectivity index (χ0v) is 15.7. The summed E-state index contributed by atoms with van der Waals surface area (Å²) in [5.41, 5.74) is 3.82. The molecular weight excluding hydrogens is 332 g/mol. The molecule has 4 nitrogen and oxygen atoms in total. The van der Waals surface area contributed by atoms with Gasteiger partial charge in [-0.3, -0.25) is 0 Å². The number of piperidine rings is 1. The highest BCUT2D eigenvalue weighted by Gasteiger charge is 2.24. The summed E-state index contributed by atoms with van der Waals surface area (Å²) in [6.07, 6.45) is 1.29. The van der Waals surface area contributed by atoms with Crippen LogP contribution in [0.1, 0.15) is 26.0 Å². The van der Waals surface area contributed by atoms with Crippen LogP contribution >= 0.6 is 11.6 Å². The van der Waals surface area contributed by atoms with Crippen LogP contribution in [-0.2, 0) is 0 Å². The van der Waals surface area contributed by atoms with E-state index in [1.165, 1.54) is 6.42 Å². The molecule has 0 unspecified atom stereocenters. The lowest BCUT2D eigenvalue weighted by molar-refractivity contribution is 0.354. The summed E-state index contributed by atoms with van der Waals surface area (Å²) in [4.78, 5) is 7.13. The number of nitrogens with zero attached hydrogens (tertiary/aromatic N) is 4. The second kappa shape index (κ2) is 6.34. The van der Waals surface area contributed by atoms with Gasteiger partial charge in [-0.2, -0.15) is 9.61 Å². The van der Waals surface area contributed by atoms with Gasteiger partial charge in [0.25, 0.3) is 0 Å². The fraction of sp³-hybridized carbons (Fsp3) is 0.400. The molecule has 2 atom stereocenters. The van der Waals surface area contributed by atoms with E-state index in [9.17, 15) is 0 Å². The Balaban J connectivity index is 1.82. The van der Waals surface area contributed by atoms with Crippen molar-refractivity contribution in [2.45, 2.75) is 27.2 Å². The summed E-state index contributed by atoms with van der Waals surface area (Å²) in [6, 6.07) is 12.0. The predicted molar refractivity (Wildman–Crippen MR) is 103 cm³/mol. The maximum Gasteiger partial charge on any atom is 0.158 e. The van der Waals surface area contributed by atoms with Gasteiger partial charge in [0.1, 0.15) is 5.82 Å². The number of hydrogen-bond donors (Lipinski definition) is 0. The second-order valence-electron chi connectivity index (χ2n) is 7.42. The van der Waals surface area contributed by atoms with E-state index in [1.54, 1.807) is 0 Å². The third-order valence-electron chi connectivity index (χ3n) is 4.85. The standard InChI is InChI=1S/C20H23ClN4/c1-13-7-14(2)12-24(11-13)20-8-15(3)22-19-10-18(23-25(19)20)16-5-4-6-17(21)9-16/h4-6,8-10,13-14H,7,11-12H2,1-3H3/t13-,14+. The molecule has 0 radical (unpaired) electrons. The monoisotopic (exact) mass is 354 g/mol. The van der Waals surface area contributed by atoms with E-state index in [4.69, 9.17) is 16.7 Å². The molecule has 0 saturated carbocycles. The normalized spacial score (nSPS) is 21.0. The summed E-state index contributed by atoms with van der Waals surface area (Å²) < 4.78 is 1.98. The summed E-state index contributed by atoms with van der Waals surface area (Å²) in [5.74, 6) is 2.51. The highest BCUT2D eigenvalue weighted by atomic mass is 35.5. The second-order valence-corrected chi connectivity index (χ2v) is 7.85. The molecule has 5 heteroatoms. The molecular formula is C20H23ClN4. The quantitative estimate of drug-likeness (QED) is 0.660. The Hall–Kier alpha value is -2.07. The number of aryl methyl sites for hydroxylation is 1. The summed E-state index contributed by atoms with van der Waals surface area (Å²) >= 11 is 6.15. The Morgan fingerprint density at radius 1 is 1.08 bits per heavy atom. The summed E-state index contributed by atoms with van der Waals surface area (Å²) in [5, 5.41) is 5.56. The Morgan fingerprint density at radius 3 is 2.56 bits per heavy atom. The molecule has 0 amide bonds. The molecule has 3 aromatic rings. The number of benzene rings is 1. The number of aromatic nitrogens is 3. The minimum atomic E-state index is 0.690. The number of anilines is 1. The van der Waals surface area contributed by atoms with Crippen LogP contribution in [0, 0.1) is 18.8 Å². The van der Waals surface area contributed by atoms with E-state index < -0.39 is 0 Å². The van der Waals surface area contributed by atoms with Crippen LogP contribution in [0.2, 0.25) is 5.02 Å². The first-order valence-corrected chi connectivity index (χ1v) is 9.25. The van der Waals surface area contributed by atoms with E-state index in [2.05, 4.69) is 29.8 Å². The molecule has 1 fully saturated rings. The van der Waals surface area contributed by atoms with Gasteiger partial charge in [0.2, 0.25) is 0 Å². The lowest BCUT2D eigenvalue weighted by atomic mass is 9.92. The van der Waals surface area contributed by atoms with Crippen LogP contribution in [0.25, 0.3) is 16.9 Å². The van der Waals surface area contributed by atoms with Gasteiger partial charge in [-0.05, 0) is 37.3 Å². The van der Waals surface area contributed by atoms with Gasteiger partial charge < -0.3 is 4.90 Å². The van der Waals surface area contributed by atoms with Crippen molar-refractivity contribution in [3.8, 4) is 11.3 Å². The number of fused-ring (bicyclic) bond motifs is 1. The van der Waals surface area contributed by atoms with Crippen molar-refractivity contribution < 1.29 is 0 Å². The van der Waals surface area contributed by atoms with Crippen molar-refractivity contribution in [3.63, 3.8) is 0 Å². The SMILES string of the molecule is Cc1cc(N2C[C@H](C)C[C@H](C)C2)n2nc(-c3cccc(Cl)c3)cc2n1. The molecule has 25 heavy (non-hydrogen) atoms. The van der Waals surface area contributed by atoms with E-state index in [1.807, 2.05) is 41.8 Å². The topological polar surface area (TPSA) is 33.4 Å². The van der Waals surface area contributed by atoms with Gasteiger partial charge in [-0.25, -0.2) is 4.98 Å². The smallest absolute Gasteiger partial charge is 0.158 e.